The summed E-state index contributed by atoms with van der Waals surface area (Å²) < 4.78 is 0. The number of aromatic hydroxyl groups is 2. The molecule has 0 saturated heterocycles. The molecule has 3 N–H and O–H groups in total. The summed E-state index contributed by atoms with van der Waals surface area (Å²) in [6.07, 6.45) is 0. The molecule has 0 aliphatic rings. The van der Waals surface area contributed by atoms with Gasteiger partial charge in [-0.1, -0.05) is 0 Å². The summed E-state index contributed by atoms with van der Waals surface area (Å²) in [5.74, 6) is 0.125. The summed E-state index contributed by atoms with van der Waals surface area (Å²) in [5, 5.41) is 21.1. The van der Waals surface area contributed by atoms with Gasteiger partial charge in [0, 0.05) is 5.56 Å². The maximum Gasteiger partial charge on any atom is 0.120 e. The van der Waals surface area contributed by atoms with Crippen molar-refractivity contribution in [2.45, 2.75) is 6.54 Å². The summed E-state index contributed by atoms with van der Waals surface area (Å²) in [7, 11) is 0. The average molecular weight is 152 g/mol. The fourth-order valence-electron chi connectivity index (χ4n) is 0.784. The van der Waals surface area contributed by atoms with Crippen molar-refractivity contribution in [1.29, 1.82) is 5.53 Å². The summed E-state index contributed by atoms with van der Waals surface area (Å²) in [6, 6.07) is 4.13. The van der Waals surface area contributed by atoms with Crippen molar-refractivity contribution in [1.82, 2.24) is 0 Å². The van der Waals surface area contributed by atoms with Crippen LogP contribution < -0.4 is 0 Å². The molecule has 1 aromatic carbocycles. The molecule has 0 aliphatic heterocycles. The van der Waals surface area contributed by atoms with Crippen molar-refractivity contribution in [2.75, 3.05) is 0 Å². The van der Waals surface area contributed by atoms with E-state index in [1.165, 1.54) is 18.2 Å². The van der Waals surface area contributed by atoms with Crippen LogP contribution >= 0.6 is 0 Å². The number of benzene rings is 1. The Labute approximate surface area is 63.6 Å². The standard InChI is InChI=1S/C7H8N2O2/c8-9-4-5-3-6(10)1-2-7(5)11/h1-3,8,10-11H,4H2. The zero-order valence-corrected chi connectivity index (χ0v) is 5.78. The first-order valence-electron chi connectivity index (χ1n) is 3.08. The van der Waals surface area contributed by atoms with Crippen LogP contribution in [0.4, 0.5) is 0 Å². The van der Waals surface area contributed by atoms with Crippen molar-refractivity contribution in [3.05, 3.63) is 23.8 Å². The van der Waals surface area contributed by atoms with E-state index in [1.54, 1.807) is 0 Å². The number of phenols is 2. The topological polar surface area (TPSA) is 76.7 Å². The second kappa shape index (κ2) is 3.01. The van der Waals surface area contributed by atoms with Gasteiger partial charge < -0.3 is 10.2 Å². The first-order valence-corrected chi connectivity index (χ1v) is 3.08. The molecule has 0 aliphatic carbocycles. The highest BCUT2D eigenvalue weighted by molar-refractivity contribution is 5.38. The molecular formula is C7H8N2O2. The van der Waals surface area contributed by atoms with Crippen LogP contribution in [-0.4, -0.2) is 10.2 Å². The SMILES string of the molecule is N=NCc1cc(O)ccc1O. The van der Waals surface area contributed by atoms with Crippen LogP contribution in [0.1, 0.15) is 5.56 Å². The van der Waals surface area contributed by atoms with Gasteiger partial charge in [-0.3, -0.25) is 0 Å². The molecule has 0 aromatic heterocycles. The third-order valence-electron chi connectivity index (χ3n) is 1.31. The monoisotopic (exact) mass is 152 g/mol. The Bertz CT molecular complexity index is 273. The van der Waals surface area contributed by atoms with Crippen LogP contribution in [-0.2, 0) is 6.54 Å². The molecular weight excluding hydrogens is 144 g/mol. The Morgan fingerprint density at radius 2 is 2.09 bits per heavy atom. The van der Waals surface area contributed by atoms with Gasteiger partial charge in [0.2, 0.25) is 0 Å². The fourth-order valence-corrected chi connectivity index (χ4v) is 0.784. The lowest BCUT2D eigenvalue weighted by atomic mass is 10.2. The lowest BCUT2D eigenvalue weighted by molar-refractivity contribution is 0.454. The third kappa shape index (κ3) is 1.67. The molecule has 1 aromatic rings. The second-order valence-electron chi connectivity index (χ2n) is 2.13. The predicted octanol–water partition coefficient (Wildman–Crippen LogP) is 1.63. The zero-order chi connectivity index (χ0) is 8.27. The van der Waals surface area contributed by atoms with E-state index < -0.39 is 0 Å². The minimum Gasteiger partial charge on any atom is -0.508 e. The Morgan fingerprint density at radius 3 is 2.73 bits per heavy atom. The highest BCUT2D eigenvalue weighted by atomic mass is 16.3. The molecule has 11 heavy (non-hydrogen) atoms. The average Bonchev–Trinajstić information content (AvgIpc) is 1.98. The van der Waals surface area contributed by atoms with Crippen molar-refractivity contribution in [3.63, 3.8) is 0 Å². The first-order chi connectivity index (χ1) is 5.24. The van der Waals surface area contributed by atoms with Gasteiger partial charge in [-0.2, -0.15) is 5.11 Å². The van der Waals surface area contributed by atoms with Gasteiger partial charge in [-0.25, -0.2) is 5.53 Å². The molecule has 58 valence electrons. The summed E-state index contributed by atoms with van der Waals surface area (Å²) in [6.45, 7) is 0.0975. The normalized spacial score (nSPS) is 9.45. The second-order valence-corrected chi connectivity index (χ2v) is 2.13. The molecule has 0 atom stereocenters. The molecule has 0 heterocycles. The lowest BCUT2D eigenvalue weighted by Crippen LogP contribution is -1.80. The van der Waals surface area contributed by atoms with Gasteiger partial charge in [-0.15, -0.1) is 0 Å². The molecule has 0 amide bonds. The van der Waals surface area contributed by atoms with E-state index in [-0.39, 0.29) is 18.0 Å². The number of nitrogens with one attached hydrogen (secondary N) is 1. The van der Waals surface area contributed by atoms with Crippen molar-refractivity contribution in [3.8, 4) is 11.5 Å². The number of nitrogens with zero attached hydrogens (tertiary/aromatic N) is 1. The van der Waals surface area contributed by atoms with E-state index in [9.17, 15) is 0 Å². The molecule has 1 rings (SSSR count). The Balaban J connectivity index is 3.01. The van der Waals surface area contributed by atoms with Crippen LogP contribution in [0.15, 0.2) is 23.3 Å². The van der Waals surface area contributed by atoms with Crippen LogP contribution in [0, 0.1) is 5.53 Å². The Morgan fingerprint density at radius 1 is 1.36 bits per heavy atom. The minimum absolute atomic E-state index is 0.0544. The predicted molar refractivity (Wildman–Crippen MR) is 38.6 cm³/mol. The van der Waals surface area contributed by atoms with E-state index >= 15 is 0 Å². The van der Waals surface area contributed by atoms with E-state index in [0.717, 1.165) is 0 Å². The van der Waals surface area contributed by atoms with Gasteiger partial charge in [0.1, 0.15) is 11.5 Å². The Kier molecular flexibility index (Phi) is 2.06. The summed E-state index contributed by atoms with van der Waals surface area (Å²) in [4.78, 5) is 0. The highest BCUT2D eigenvalue weighted by Crippen LogP contribution is 2.22. The van der Waals surface area contributed by atoms with Gasteiger partial charge in [-0.05, 0) is 18.2 Å². The van der Waals surface area contributed by atoms with E-state index in [2.05, 4.69) is 5.11 Å². The van der Waals surface area contributed by atoms with Crippen molar-refractivity contribution in [2.24, 2.45) is 5.11 Å². The smallest absolute Gasteiger partial charge is 0.120 e. The lowest BCUT2D eigenvalue weighted by Gasteiger charge is -1.99. The number of hydrogen-bond acceptors (Lipinski definition) is 4. The maximum absolute atomic E-state index is 9.11. The van der Waals surface area contributed by atoms with Gasteiger partial charge >= 0.3 is 0 Å². The van der Waals surface area contributed by atoms with Gasteiger partial charge in [0.25, 0.3) is 0 Å². The van der Waals surface area contributed by atoms with Crippen molar-refractivity contribution < 1.29 is 10.2 Å². The van der Waals surface area contributed by atoms with Crippen LogP contribution in [0.25, 0.3) is 0 Å². The quantitative estimate of drug-likeness (QED) is 0.445. The van der Waals surface area contributed by atoms with E-state index in [4.69, 9.17) is 15.7 Å². The molecule has 0 bridgehead atoms. The number of rotatable bonds is 2. The summed E-state index contributed by atoms with van der Waals surface area (Å²) >= 11 is 0. The van der Waals surface area contributed by atoms with E-state index in [1.807, 2.05) is 0 Å². The molecule has 4 heteroatoms. The number of hydrogen-bond donors (Lipinski definition) is 3. The maximum atomic E-state index is 9.11. The van der Waals surface area contributed by atoms with Crippen LogP contribution in [0.3, 0.4) is 0 Å². The van der Waals surface area contributed by atoms with Gasteiger partial charge in [0.05, 0.1) is 6.54 Å². The highest BCUT2D eigenvalue weighted by Gasteiger charge is 1.99. The molecule has 0 unspecified atom stereocenters. The van der Waals surface area contributed by atoms with Crippen LogP contribution in [0.5, 0.6) is 11.5 Å². The molecule has 0 spiro atoms. The third-order valence-corrected chi connectivity index (χ3v) is 1.31. The molecule has 0 saturated carbocycles. The van der Waals surface area contributed by atoms with Crippen molar-refractivity contribution >= 4 is 0 Å². The summed E-state index contributed by atoms with van der Waals surface area (Å²) in [5.41, 5.74) is 7.00. The largest absolute Gasteiger partial charge is 0.508 e. The fraction of sp³-hybridized carbons (Fsp3) is 0.143. The molecule has 4 nitrogen and oxygen atoms in total. The van der Waals surface area contributed by atoms with Crippen LogP contribution in [0.2, 0.25) is 0 Å². The molecule has 0 radical (unpaired) electrons. The minimum atomic E-state index is 0.0544. The Hall–Kier alpha value is -1.58. The first kappa shape index (κ1) is 7.53. The van der Waals surface area contributed by atoms with E-state index in [0.29, 0.717) is 5.56 Å². The zero-order valence-electron chi connectivity index (χ0n) is 5.78. The van der Waals surface area contributed by atoms with Gasteiger partial charge in [0.15, 0.2) is 0 Å². The molecule has 0 fully saturated rings. The number of phenolic OH excluding ortho intramolecular Hbond substituents is 2.